The van der Waals surface area contributed by atoms with Crippen LogP contribution in [0.4, 0.5) is 0 Å². The lowest BCUT2D eigenvalue weighted by molar-refractivity contribution is -0.125. The number of ether oxygens (including phenoxy) is 1. The predicted octanol–water partition coefficient (Wildman–Crippen LogP) is 3.15. The van der Waals surface area contributed by atoms with Crippen LogP contribution < -0.4 is 15.4 Å². The van der Waals surface area contributed by atoms with Crippen molar-refractivity contribution in [3.05, 3.63) is 29.8 Å². The lowest BCUT2D eigenvalue weighted by atomic mass is 9.97. The number of carbonyl (C=O) groups excluding carboxylic acids is 1. The molecule has 0 spiro atoms. The third-order valence-corrected chi connectivity index (χ3v) is 4.09. The molecule has 1 heterocycles. The van der Waals surface area contributed by atoms with Crippen molar-refractivity contribution in [2.24, 2.45) is 11.8 Å². The van der Waals surface area contributed by atoms with Crippen LogP contribution in [0.15, 0.2) is 24.3 Å². The van der Waals surface area contributed by atoms with E-state index in [1.807, 2.05) is 24.3 Å². The van der Waals surface area contributed by atoms with Crippen LogP contribution in [0.3, 0.4) is 0 Å². The van der Waals surface area contributed by atoms with E-state index in [-0.39, 0.29) is 24.2 Å². The van der Waals surface area contributed by atoms with Crippen molar-refractivity contribution in [3.63, 3.8) is 0 Å². The molecule has 1 aromatic carbocycles. The molecule has 0 aliphatic carbocycles. The first-order chi connectivity index (χ1) is 10.7. The van der Waals surface area contributed by atoms with Gasteiger partial charge in [0.1, 0.15) is 5.75 Å². The molecule has 0 unspecified atom stereocenters. The van der Waals surface area contributed by atoms with E-state index in [4.69, 9.17) is 4.74 Å². The molecule has 1 amide bonds. The molecule has 0 saturated carbocycles. The Morgan fingerprint density at radius 3 is 2.70 bits per heavy atom. The highest BCUT2D eigenvalue weighted by Crippen LogP contribution is 2.19. The van der Waals surface area contributed by atoms with Gasteiger partial charge in [0.05, 0.1) is 6.61 Å². The van der Waals surface area contributed by atoms with Gasteiger partial charge in [-0.25, -0.2) is 0 Å². The minimum atomic E-state index is 0. The van der Waals surface area contributed by atoms with E-state index < -0.39 is 0 Å². The van der Waals surface area contributed by atoms with Crippen molar-refractivity contribution >= 4 is 18.3 Å². The SMILES string of the molecule is CC(C)CCOc1ccccc1CNC(=O)C1CCNCC1.Cl. The molecular formula is C18H29ClN2O2. The highest BCUT2D eigenvalue weighted by atomic mass is 35.5. The van der Waals surface area contributed by atoms with Crippen molar-refractivity contribution < 1.29 is 9.53 Å². The molecule has 0 bridgehead atoms. The van der Waals surface area contributed by atoms with Crippen molar-refractivity contribution in [1.82, 2.24) is 10.6 Å². The fourth-order valence-corrected chi connectivity index (χ4v) is 2.61. The molecule has 0 atom stereocenters. The van der Waals surface area contributed by atoms with E-state index in [9.17, 15) is 4.79 Å². The molecule has 130 valence electrons. The Hall–Kier alpha value is -1.26. The minimum absolute atomic E-state index is 0. The number of piperidine rings is 1. The van der Waals surface area contributed by atoms with E-state index in [2.05, 4.69) is 24.5 Å². The third kappa shape index (κ3) is 6.80. The van der Waals surface area contributed by atoms with Gasteiger partial charge in [-0.2, -0.15) is 0 Å². The van der Waals surface area contributed by atoms with E-state index in [0.717, 1.165) is 50.3 Å². The number of nitrogens with one attached hydrogen (secondary N) is 2. The van der Waals surface area contributed by atoms with Crippen molar-refractivity contribution in [2.45, 2.75) is 39.7 Å². The molecule has 0 radical (unpaired) electrons. The number of para-hydroxylation sites is 1. The molecule has 23 heavy (non-hydrogen) atoms. The summed E-state index contributed by atoms with van der Waals surface area (Å²) in [5.74, 6) is 1.83. The molecule has 5 heteroatoms. The lowest BCUT2D eigenvalue weighted by Crippen LogP contribution is -2.37. The predicted molar refractivity (Wildman–Crippen MR) is 96.1 cm³/mol. The summed E-state index contributed by atoms with van der Waals surface area (Å²) >= 11 is 0. The molecule has 1 aliphatic rings. The minimum Gasteiger partial charge on any atom is -0.493 e. The van der Waals surface area contributed by atoms with Gasteiger partial charge in [0.15, 0.2) is 0 Å². The molecule has 2 rings (SSSR count). The van der Waals surface area contributed by atoms with Crippen LogP contribution in [0, 0.1) is 11.8 Å². The number of hydrogen-bond donors (Lipinski definition) is 2. The summed E-state index contributed by atoms with van der Waals surface area (Å²) in [6, 6.07) is 7.96. The molecule has 1 aromatic rings. The Labute approximate surface area is 145 Å². The van der Waals surface area contributed by atoms with Crippen LogP contribution >= 0.6 is 12.4 Å². The van der Waals surface area contributed by atoms with Crippen LogP contribution in [0.1, 0.15) is 38.7 Å². The summed E-state index contributed by atoms with van der Waals surface area (Å²) in [6.07, 6.45) is 2.90. The van der Waals surface area contributed by atoms with Gasteiger partial charge in [-0.05, 0) is 44.3 Å². The van der Waals surface area contributed by atoms with Crippen molar-refractivity contribution in [3.8, 4) is 5.75 Å². The zero-order chi connectivity index (χ0) is 15.8. The zero-order valence-corrected chi connectivity index (χ0v) is 15.0. The molecule has 1 saturated heterocycles. The van der Waals surface area contributed by atoms with Gasteiger partial charge in [0.25, 0.3) is 0 Å². The largest absolute Gasteiger partial charge is 0.493 e. The first-order valence-corrected chi connectivity index (χ1v) is 8.36. The maximum Gasteiger partial charge on any atom is 0.223 e. The number of rotatable bonds is 7. The molecule has 0 aromatic heterocycles. The van der Waals surface area contributed by atoms with Crippen LogP contribution in [-0.2, 0) is 11.3 Å². The second-order valence-electron chi connectivity index (χ2n) is 6.38. The van der Waals surface area contributed by atoms with Gasteiger partial charge < -0.3 is 15.4 Å². The van der Waals surface area contributed by atoms with Crippen molar-refractivity contribution in [2.75, 3.05) is 19.7 Å². The first-order valence-electron chi connectivity index (χ1n) is 8.36. The first kappa shape index (κ1) is 19.8. The smallest absolute Gasteiger partial charge is 0.223 e. The standard InChI is InChI=1S/C18H28N2O2.ClH/c1-14(2)9-12-22-17-6-4-3-5-16(17)13-20-18(21)15-7-10-19-11-8-15;/h3-6,14-15,19H,7-13H2,1-2H3,(H,20,21);1H. The lowest BCUT2D eigenvalue weighted by Gasteiger charge is -2.22. The van der Waals surface area contributed by atoms with Gasteiger partial charge in [0.2, 0.25) is 5.91 Å². The number of halogens is 1. The van der Waals surface area contributed by atoms with Crippen LogP contribution in [-0.4, -0.2) is 25.6 Å². The zero-order valence-electron chi connectivity index (χ0n) is 14.1. The van der Waals surface area contributed by atoms with Gasteiger partial charge in [-0.1, -0.05) is 32.0 Å². The van der Waals surface area contributed by atoms with Gasteiger partial charge in [0, 0.05) is 18.0 Å². The van der Waals surface area contributed by atoms with E-state index in [0.29, 0.717) is 12.5 Å². The fourth-order valence-electron chi connectivity index (χ4n) is 2.61. The summed E-state index contributed by atoms with van der Waals surface area (Å²) in [5, 5.41) is 6.35. The molecule has 2 N–H and O–H groups in total. The van der Waals surface area contributed by atoms with Gasteiger partial charge in [-0.3, -0.25) is 4.79 Å². The topological polar surface area (TPSA) is 50.4 Å². The van der Waals surface area contributed by atoms with Crippen LogP contribution in [0.5, 0.6) is 5.75 Å². The molecule has 4 nitrogen and oxygen atoms in total. The summed E-state index contributed by atoms with van der Waals surface area (Å²) in [5.41, 5.74) is 1.05. The Bertz CT molecular complexity index is 474. The van der Waals surface area contributed by atoms with Gasteiger partial charge >= 0.3 is 0 Å². The summed E-state index contributed by atoms with van der Waals surface area (Å²) in [4.78, 5) is 12.2. The Morgan fingerprint density at radius 1 is 1.30 bits per heavy atom. The Balaban J connectivity index is 0.00000264. The maximum absolute atomic E-state index is 12.2. The Morgan fingerprint density at radius 2 is 2.00 bits per heavy atom. The average molecular weight is 341 g/mol. The second-order valence-corrected chi connectivity index (χ2v) is 6.38. The van der Waals surface area contributed by atoms with Crippen LogP contribution in [0.25, 0.3) is 0 Å². The van der Waals surface area contributed by atoms with E-state index >= 15 is 0 Å². The van der Waals surface area contributed by atoms with E-state index in [1.54, 1.807) is 0 Å². The third-order valence-electron chi connectivity index (χ3n) is 4.09. The number of amides is 1. The number of carbonyl (C=O) groups is 1. The molecule has 1 fully saturated rings. The van der Waals surface area contributed by atoms with Gasteiger partial charge in [-0.15, -0.1) is 12.4 Å². The van der Waals surface area contributed by atoms with Crippen LogP contribution in [0.2, 0.25) is 0 Å². The fraction of sp³-hybridized carbons (Fsp3) is 0.611. The van der Waals surface area contributed by atoms with E-state index in [1.165, 1.54) is 0 Å². The highest BCUT2D eigenvalue weighted by Gasteiger charge is 2.20. The van der Waals surface area contributed by atoms with Crippen molar-refractivity contribution in [1.29, 1.82) is 0 Å². The highest BCUT2D eigenvalue weighted by molar-refractivity contribution is 5.85. The summed E-state index contributed by atoms with van der Waals surface area (Å²) < 4.78 is 5.86. The summed E-state index contributed by atoms with van der Waals surface area (Å²) in [7, 11) is 0. The number of benzene rings is 1. The second kappa shape index (κ2) is 10.5. The monoisotopic (exact) mass is 340 g/mol. The normalized spacial score (nSPS) is 15.1. The number of hydrogen-bond acceptors (Lipinski definition) is 3. The summed E-state index contributed by atoms with van der Waals surface area (Å²) in [6.45, 7) is 7.51. The maximum atomic E-state index is 12.2. The quantitative estimate of drug-likeness (QED) is 0.801. The average Bonchev–Trinajstić information content (AvgIpc) is 2.54. The Kier molecular flexibility index (Phi) is 9.03. The molecule has 1 aliphatic heterocycles. The molecular weight excluding hydrogens is 312 g/mol.